The van der Waals surface area contributed by atoms with E-state index in [4.69, 9.17) is 9.47 Å². The normalized spacial score (nSPS) is 12.6. The molecule has 0 bridgehead atoms. The van der Waals surface area contributed by atoms with Gasteiger partial charge in [0.2, 0.25) is 5.82 Å². The molecule has 0 saturated carbocycles. The van der Waals surface area contributed by atoms with Crippen LogP contribution in [0.15, 0.2) is 49.1 Å². The summed E-state index contributed by atoms with van der Waals surface area (Å²) in [5.74, 6) is -4.76. The Bertz CT molecular complexity index is 853. The van der Waals surface area contributed by atoms with Crippen molar-refractivity contribution in [2.24, 2.45) is 5.92 Å². The predicted molar refractivity (Wildman–Crippen MR) is 104 cm³/mol. The van der Waals surface area contributed by atoms with E-state index < -0.39 is 50.7 Å². The third-order valence-corrected chi connectivity index (χ3v) is 4.82. The fourth-order valence-corrected chi connectivity index (χ4v) is 3.04. The highest BCUT2D eigenvalue weighted by molar-refractivity contribution is 7.23. The molecule has 1 atom stereocenters. The van der Waals surface area contributed by atoms with Gasteiger partial charge in [-0.3, -0.25) is 4.57 Å². The molecule has 162 valence electrons. The Morgan fingerprint density at radius 1 is 1.03 bits per heavy atom. The van der Waals surface area contributed by atoms with E-state index >= 15 is 0 Å². The van der Waals surface area contributed by atoms with E-state index in [1.54, 1.807) is 30.3 Å². The molecule has 0 radical (unpaired) electrons. The Labute approximate surface area is 172 Å². The summed E-state index contributed by atoms with van der Waals surface area (Å²) in [4.78, 5) is 0. The number of hydrogen-bond acceptors (Lipinski definition) is 3. The van der Waals surface area contributed by atoms with Crippen LogP contribution < -0.4 is 9.47 Å². The zero-order valence-electron chi connectivity index (χ0n) is 15.9. The molecule has 0 aliphatic carbocycles. The largest absolute Gasteiger partial charge is 0.494 e. The lowest BCUT2D eigenvalue weighted by Gasteiger charge is -2.18. The van der Waals surface area contributed by atoms with Gasteiger partial charge in [-0.25, -0.2) is 4.39 Å². The second-order valence-corrected chi connectivity index (χ2v) is 7.03. The first kappa shape index (κ1) is 23.8. The van der Waals surface area contributed by atoms with Gasteiger partial charge in [-0.1, -0.05) is 18.2 Å². The van der Waals surface area contributed by atoms with E-state index in [0.29, 0.717) is 17.9 Å². The number of halogens is 5. The van der Waals surface area contributed by atoms with Crippen LogP contribution in [0.3, 0.4) is 0 Å². The standard InChI is InChI=1S/C21H20F5O3P/c1-2-3-4-11-28-16-7-5-14(6-8-16)17-9-10-18(20(23)19(17)22)29-12-15(13-30-27)21(24,25)26/h2,5-10,15H,1,3-4,11-13H2/t15-/m0/s1. The van der Waals surface area contributed by atoms with Gasteiger partial charge in [0.25, 0.3) is 0 Å². The summed E-state index contributed by atoms with van der Waals surface area (Å²) in [7, 11) is -0.713. The van der Waals surface area contributed by atoms with Crippen LogP contribution in [0.25, 0.3) is 11.1 Å². The molecule has 0 amide bonds. The Balaban J connectivity index is 2.10. The molecule has 0 heterocycles. The van der Waals surface area contributed by atoms with Crippen LogP contribution in [0, 0.1) is 17.6 Å². The summed E-state index contributed by atoms with van der Waals surface area (Å²) in [5.41, 5.74) is 0.304. The molecule has 0 saturated heterocycles. The zero-order chi connectivity index (χ0) is 22.1. The maximum atomic E-state index is 14.5. The lowest BCUT2D eigenvalue weighted by molar-refractivity contribution is -0.175. The fraction of sp³-hybridized carbons (Fsp3) is 0.333. The molecule has 0 unspecified atom stereocenters. The first-order chi connectivity index (χ1) is 14.3. The van der Waals surface area contributed by atoms with Gasteiger partial charge in [-0.2, -0.15) is 17.6 Å². The van der Waals surface area contributed by atoms with Crippen LogP contribution in [0.5, 0.6) is 11.5 Å². The minimum atomic E-state index is -4.66. The van der Waals surface area contributed by atoms with E-state index in [-0.39, 0.29) is 5.56 Å². The smallest absolute Gasteiger partial charge is 0.395 e. The molecule has 0 spiro atoms. The fourth-order valence-electron chi connectivity index (χ4n) is 2.55. The zero-order valence-corrected chi connectivity index (χ0v) is 16.8. The van der Waals surface area contributed by atoms with Gasteiger partial charge in [0.05, 0.1) is 12.5 Å². The lowest BCUT2D eigenvalue weighted by Crippen LogP contribution is -2.30. The first-order valence-corrected chi connectivity index (χ1v) is 10.1. The molecule has 0 aliphatic rings. The molecule has 0 fully saturated rings. The topological polar surface area (TPSA) is 35.5 Å². The minimum Gasteiger partial charge on any atom is -0.494 e. The van der Waals surface area contributed by atoms with E-state index in [0.717, 1.165) is 18.9 Å². The summed E-state index contributed by atoms with van der Waals surface area (Å²) in [6.07, 6.45) is -1.99. The Morgan fingerprint density at radius 2 is 1.73 bits per heavy atom. The number of unbranched alkanes of at least 4 members (excludes halogenated alkanes) is 1. The first-order valence-electron chi connectivity index (χ1n) is 9.08. The molecule has 9 heteroatoms. The highest BCUT2D eigenvalue weighted by Crippen LogP contribution is 2.33. The van der Waals surface area contributed by atoms with Crippen LogP contribution in [0.2, 0.25) is 0 Å². The summed E-state index contributed by atoms with van der Waals surface area (Å²) < 4.78 is 88.1. The predicted octanol–water partition coefficient (Wildman–Crippen LogP) is 6.83. The number of rotatable bonds is 11. The SMILES string of the molecule is C=CCCCOc1ccc(-c2ccc(OC[C@@H](CP=O)C(F)(F)F)c(F)c2F)cc1. The summed E-state index contributed by atoms with van der Waals surface area (Å²) in [6.45, 7) is 3.14. The molecule has 3 nitrogen and oxygen atoms in total. The van der Waals surface area contributed by atoms with Crippen molar-refractivity contribution in [3.05, 3.63) is 60.7 Å². The average Bonchev–Trinajstić information content (AvgIpc) is 2.71. The Kier molecular flexibility index (Phi) is 8.78. The Morgan fingerprint density at radius 3 is 2.33 bits per heavy atom. The van der Waals surface area contributed by atoms with Gasteiger partial charge >= 0.3 is 6.18 Å². The van der Waals surface area contributed by atoms with Crippen molar-refractivity contribution in [1.29, 1.82) is 0 Å². The monoisotopic (exact) mass is 446 g/mol. The summed E-state index contributed by atoms with van der Waals surface area (Å²) in [5, 5.41) is 0. The van der Waals surface area contributed by atoms with Crippen molar-refractivity contribution in [2.45, 2.75) is 19.0 Å². The second-order valence-electron chi connectivity index (χ2n) is 6.40. The van der Waals surface area contributed by atoms with Crippen LogP contribution in [0.1, 0.15) is 12.8 Å². The van der Waals surface area contributed by atoms with Gasteiger partial charge in [0, 0.05) is 11.7 Å². The number of hydrogen-bond donors (Lipinski definition) is 0. The van der Waals surface area contributed by atoms with E-state index in [1.165, 1.54) is 6.07 Å². The molecule has 2 aromatic carbocycles. The average molecular weight is 446 g/mol. The number of alkyl halides is 3. The molecular weight excluding hydrogens is 426 g/mol. The van der Waals surface area contributed by atoms with Crippen molar-refractivity contribution in [3.8, 4) is 22.6 Å². The van der Waals surface area contributed by atoms with Crippen LogP contribution in [-0.4, -0.2) is 25.6 Å². The highest BCUT2D eigenvalue weighted by Gasteiger charge is 2.40. The molecule has 0 N–H and O–H groups in total. The van der Waals surface area contributed by atoms with E-state index in [9.17, 15) is 26.5 Å². The van der Waals surface area contributed by atoms with Gasteiger partial charge in [-0.05, 0) is 42.7 Å². The van der Waals surface area contributed by atoms with Crippen molar-refractivity contribution in [1.82, 2.24) is 0 Å². The Hall–Kier alpha value is -2.47. The number of benzene rings is 2. The van der Waals surface area contributed by atoms with Crippen molar-refractivity contribution in [2.75, 3.05) is 19.4 Å². The molecule has 0 aromatic heterocycles. The van der Waals surface area contributed by atoms with Gasteiger partial charge < -0.3 is 9.47 Å². The van der Waals surface area contributed by atoms with Gasteiger partial charge in [0.15, 0.2) is 20.0 Å². The maximum Gasteiger partial charge on any atom is 0.395 e. The van der Waals surface area contributed by atoms with Gasteiger partial charge in [0.1, 0.15) is 12.4 Å². The highest BCUT2D eigenvalue weighted by atomic mass is 31.1. The van der Waals surface area contributed by atoms with Crippen molar-refractivity contribution in [3.63, 3.8) is 0 Å². The quantitative estimate of drug-likeness (QED) is 0.164. The van der Waals surface area contributed by atoms with Crippen LogP contribution >= 0.6 is 8.46 Å². The summed E-state index contributed by atoms with van der Waals surface area (Å²) >= 11 is 0. The van der Waals surface area contributed by atoms with E-state index in [1.807, 2.05) is 0 Å². The molecule has 2 aromatic rings. The van der Waals surface area contributed by atoms with Crippen LogP contribution in [-0.2, 0) is 4.57 Å². The molecule has 0 aliphatic heterocycles. The summed E-state index contributed by atoms with van der Waals surface area (Å²) in [6, 6.07) is 8.61. The lowest BCUT2D eigenvalue weighted by atomic mass is 10.0. The van der Waals surface area contributed by atoms with Crippen molar-refractivity contribution >= 4 is 8.46 Å². The van der Waals surface area contributed by atoms with Crippen molar-refractivity contribution < 1.29 is 36.0 Å². The third-order valence-electron chi connectivity index (χ3n) is 4.23. The van der Waals surface area contributed by atoms with Crippen LogP contribution in [0.4, 0.5) is 22.0 Å². The molecule has 30 heavy (non-hydrogen) atoms. The van der Waals surface area contributed by atoms with E-state index in [2.05, 4.69) is 6.58 Å². The number of ether oxygens (including phenoxy) is 2. The maximum absolute atomic E-state index is 14.5. The molecular formula is C21H20F5O3P. The third kappa shape index (κ3) is 6.52. The second kappa shape index (κ2) is 11.1. The minimum absolute atomic E-state index is 0.0662. The molecule has 2 rings (SSSR count). The van der Waals surface area contributed by atoms with Gasteiger partial charge in [-0.15, -0.1) is 6.58 Å². The number of allylic oxidation sites excluding steroid dienone is 1.